The molecule has 1 rings (SSSR count). The van der Waals surface area contributed by atoms with Crippen molar-refractivity contribution in [1.82, 2.24) is 4.98 Å². The maximum absolute atomic E-state index is 11.6. The summed E-state index contributed by atoms with van der Waals surface area (Å²) in [6.07, 6.45) is 15.6. The highest BCUT2D eigenvalue weighted by Gasteiger charge is 2.08. The quantitative estimate of drug-likeness (QED) is 0.220. The maximum atomic E-state index is 11.6. The summed E-state index contributed by atoms with van der Waals surface area (Å²) in [5.41, 5.74) is 6.10. The van der Waals surface area contributed by atoms with Crippen LogP contribution in [0.1, 0.15) is 101 Å². The van der Waals surface area contributed by atoms with E-state index in [0.29, 0.717) is 5.56 Å². The fourth-order valence-corrected chi connectivity index (χ4v) is 4.81. The third kappa shape index (κ3) is 12.4. The third-order valence-electron chi connectivity index (χ3n) is 4.56. The summed E-state index contributed by atoms with van der Waals surface area (Å²) in [4.78, 5) is 16.4. The Labute approximate surface area is 175 Å². The summed E-state index contributed by atoms with van der Waals surface area (Å²) in [6, 6.07) is 3.69. The van der Waals surface area contributed by atoms with Gasteiger partial charge in [-0.25, -0.2) is 4.98 Å². The second kappa shape index (κ2) is 16.3. The van der Waals surface area contributed by atoms with Gasteiger partial charge in [0.2, 0.25) is 5.91 Å². The monoisotopic (exact) mass is 410 g/mol. The van der Waals surface area contributed by atoms with Gasteiger partial charge in [-0.15, -0.1) is 23.5 Å². The number of hydrogen-bond acceptors (Lipinski definition) is 4. The van der Waals surface area contributed by atoms with Crippen LogP contribution in [0.15, 0.2) is 22.2 Å². The van der Waals surface area contributed by atoms with Gasteiger partial charge < -0.3 is 5.73 Å². The molecule has 0 atom stereocenters. The van der Waals surface area contributed by atoms with Crippen molar-refractivity contribution in [3.8, 4) is 0 Å². The molecule has 0 aromatic carbocycles. The minimum absolute atomic E-state index is 0.361. The number of nitrogens with zero attached hydrogens (tertiary/aromatic N) is 1. The molecule has 0 spiro atoms. The number of aromatic nitrogens is 1. The number of thioether (sulfide) groups is 2. The predicted molar refractivity (Wildman–Crippen MR) is 121 cm³/mol. The number of amides is 1. The summed E-state index contributed by atoms with van der Waals surface area (Å²) in [6.45, 7) is 4.49. The molecule has 154 valence electrons. The molecule has 1 heterocycles. The first-order chi connectivity index (χ1) is 13.2. The first kappa shape index (κ1) is 24.4. The summed E-state index contributed by atoms with van der Waals surface area (Å²) in [5, 5.41) is 1.87. The standard InChI is InChI=1S/C22H38N2OS2/c1-3-5-7-9-11-13-15-26-20-17-19(22(23)25)18-21(24-20)27-16-14-12-10-8-6-4-2/h17-18H,3-16H2,1-2H3,(H2,23,25). The van der Waals surface area contributed by atoms with Crippen LogP contribution < -0.4 is 5.73 Å². The maximum Gasteiger partial charge on any atom is 0.248 e. The van der Waals surface area contributed by atoms with Gasteiger partial charge in [-0.1, -0.05) is 78.1 Å². The van der Waals surface area contributed by atoms with Gasteiger partial charge in [-0.2, -0.15) is 0 Å². The topological polar surface area (TPSA) is 56.0 Å². The summed E-state index contributed by atoms with van der Waals surface area (Å²) in [5.74, 6) is 1.76. The molecule has 27 heavy (non-hydrogen) atoms. The van der Waals surface area contributed by atoms with E-state index in [2.05, 4.69) is 13.8 Å². The summed E-state index contributed by atoms with van der Waals surface area (Å²) >= 11 is 3.50. The molecule has 1 aromatic rings. The average Bonchev–Trinajstić information content (AvgIpc) is 2.66. The van der Waals surface area contributed by atoms with E-state index in [1.165, 1.54) is 77.0 Å². The minimum Gasteiger partial charge on any atom is -0.366 e. The van der Waals surface area contributed by atoms with Crippen molar-refractivity contribution in [3.63, 3.8) is 0 Å². The van der Waals surface area contributed by atoms with Crippen LogP contribution in [0.25, 0.3) is 0 Å². The number of primary amides is 1. The second-order valence-electron chi connectivity index (χ2n) is 7.13. The second-order valence-corrected chi connectivity index (χ2v) is 9.36. The Hall–Kier alpha value is -0.680. The van der Waals surface area contributed by atoms with Crippen LogP contribution in [0, 0.1) is 0 Å². The number of hydrogen-bond donors (Lipinski definition) is 1. The lowest BCUT2D eigenvalue weighted by molar-refractivity contribution is 0.0999. The number of pyridine rings is 1. The number of nitrogens with two attached hydrogens (primary N) is 1. The molecule has 3 nitrogen and oxygen atoms in total. The molecule has 0 saturated carbocycles. The molecular weight excluding hydrogens is 372 g/mol. The Kier molecular flexibility index (Phi) is 14.7. The van der Waals surface area contributed by atoms with Crippen LogP contribution in [-0.2, 0) is 0 Å². The Morgan fingerprint density at radius 1 is 0.778 bits per heavy atom. The van der Waals surface area contributed by atoms with Gasteiger partial charge >= 0.3 is 0 Å². The third-order valence-corrected chi connectivity index (χ3v) is 6.55. The van der Waals surface area contributed by atoms with Gasteiger partial charge in [0.15, 0.2) is 0 Å². The molecule has 0 unspecified atom stereocenters. The van der Waals surface area contributed by atoms with Crippen molar-refractivity contribution >= 4 is 29.4 Å². The minimum atomic E-state index is -0.361. The van der Waals surface area contributed by atoms with Crippen molar-refractivity contribution in [2.24, 2.45) is 5.73 Å². The SMILES string of the molecule is CCCCCCCCSc1cc(C(N)=O)cc(SCCCCCCCC)n1. The van der Waals surface area contributed by atoms with E-state index >= 15 is 0 Å². The van der Waals surface area contributed by atoms with Crippen molar-refractivity contribution in [2.45, 2.75) is 101 Å². The van der Waals surface area contributed by atoms with Gasteiger partial charge in [0.25, 0.3) is 0 Å². The van der Waals surface area contributed by atoms with Crippen molar-refractivity contribution < 1.29 is 4.79 Å². The first-order valence-corrected chi connectivity index (χ1v) is 12.7. The zero-order valence-electron chi connectivity index (χ0n) is 17.3. The lowest BCUT2D eigenvalue weighted by Crippen LogP contribution is -2.11. The van der Waals surface area contributed by atoms with Crippen LogP contribution in [-0.4, -0.2) is 22.4 Å². The van der Waals surface area contributed by atoms with Gasteiger partial charge in [0, 0.05) is 5.56 Å². The van der Waals surface area contributed by atoms with Gasteiger partial charge in [-0.3, -0.25) is 4.79 Å². The van der Waals surface area contributed by atoms with E-state index in [4.69, 9.17) is 10.7 Å². The normalized spacial score (nSPS) is 11.0. The number of rotatable bonds is 17. The van der Waals surface area contributed by atoms with Crippen molar-refractivity contribution in [3.05, 3.63) is 17.7 Å². The molecule has 0 radical (unpaired) electrons. The Balaban J connectivity index is 2.38. The van der Waals surface area contributed by atoms with E-state index in [1.807, 2.05) is 12.1 Å². The molecule has 1 amide bonds. The first-order valence-electron chi connectivity index (χ1n) is 10.7. The highest BCUT2D eigenvalue weighted by atomic mass is 32.2. The molecule has 0 saturated heterocycles. The molecule has 0 aliphatic carbocycles. The fraction of sp³-hybridized carbons (Fsp3) is 0.727. The average molecular weight is 411 g/mol. The smallest absolute Gasteiger partial charge is 0.248 e. The van der Waals surface area contributed by atoms with E-state index < -0.39 is 0 Å². The van der Waals surface area contributed by atoms with Gasteiger partial charge in [-0.05, 0) is 36.5 Å². The van der Waals surface area contributed by atoms with E-state index in [-0.39, 0.29) is 5.91 Å². The summed E-state index contributed by atoms with van der Waals surface area (Å²) < 4.78 is 0. The van der Waals surface area contributed by atoms with Crippen molar-refractivity contribution in [2.75, 3.05) is 11.5 Å². The summed E-state index contributed by atoms with van der Waals surface area (Å²) in [7, 11) is 0. The number of carbonyl (C=O) groups is 1. The number of carbonyl (C=O) groups excluding carboxylic acids is 1. The molecule has 1 aromatic heterocycles. The van der Waals surface area contributed by atoms with E-state index in [0.717, 1.165) is 21.6 Å². The van der Waals surface area contributed by atoms with Crippen LogP contribution in [0.4, 0.5) is 0 Å². The van der Waals surface area contributed by atoms with Gasteiger partial charge in [0.05, 0.1) is 10.1 Å². The Morgan fingerprint density at radius 3 is 1.59 bits per heavy atom. The molecule has 2 N–H and O–H groups in total. The largest absolute Gasteiger partial charge is 0.366 e. The molecule has 0 aliphatic heterocycles. The molecule has 0 aliphatic rings. The highest BCUT2D eigenvalue weighted by molar-refractivity contribution is 7.99. The number of unbranched alkanes of at least 4 members (excludes halogenated alkanes) is 10. The van der Waals surface area contributed by atoms with Gasteiger partial charge in [0.1, 0.15) is 0 Å². The predicted octanol–water partition coefficient (Wildman–Crippen LogP) is 7.09. The Bertz CT molecular complexity index is 487. The van der Waals surface area contributed by atoms with Crippen LogP contribution in [0.3, 0.4) is 0 Å². The lowest BCUT2D eigenvalue weighted by Gasteiger charge is -2.07. The zero-order chi connectivity index (χ0) is 19.7. The van der Waals surface area contributed by atoms with Crippen LogP contribution in [0.5, 0.6) is 0 Å². The molecular formula is C22H38N2OS2. The van der Waals surface area contributed by atoms with E-state index in [9.17, 15) is 4.79 Å². The molecule has 0 fully saturated rings. The fourth-order valence-electron chi connectivity index (χ4n) is 2.89. The molecule has 0 bridgehead atoms. The van der Waals surface area contributed by atoms with Crippen molar-refractivity contribution in [1.29, 1.82) is 0 Å². The zero-order valence-corrected chi connectivity index (χ0v) is 18.9. The highest BCUT2D eigenvalue weighted by Crippen LogP contribution is 2.25. The van der Waals surface area contributed by atoms with E-state index in [1.54, 1.807) is 23.5 Å². The molecule has 5 heteroatoms. The lowest BCUT2D eigenvalue weighted by atomic mass is 10.1. The van der Waals surface area contributed by atoms with Crippen LogP contribution >= 0.6 is 23.5 Å². The Morgan fingerprint density at radius 2 is 1.19 bits per heavy atom. The van der Waals surface area contributed by atoms with Crippen LogP contribution in [0.2, 0.25) is 0 Å².